The number of nitrogens with zero attached hydrogens (tertiary/aromatic N) is 3. The zero-order valence-electron chi connectivity index (χ0n) is 9.45. The third kappa shape index (κ3) is 1.49. The van der Waals surface area contributed by atoms with E-state index in [1.165, 1.54) is 10.8 Å². The van der Waals surface area contributed by atoms with Gasteiger partial charge in [0.2, 0.25) is 0 Å². The van der Waals surface area contributed by atoms with Gasteiger partial charge in [0.15, 0.2) is 0 Å². The van der Waals surface area contributed by atoms with Crippen molar-refractivity contribution in [1.82, 2.24) is 0 Å². The van der Waals surface area contributed by atoms with E-state index in [9.17, 15) is 0 Å². The summed E-state index contributed by atoms with van der Waals surface area (Å²) in [5, 5.41) is 12.5. The lowest BCUT2D eigenvalue weighted by molar-refractivity contribution is 1.22. The van der Waals surface area contributed by atoms with Gasteiger partial charge in [0, 0.05) is 5.56 Å². The standard InChI is InChI=1S/C14H9N3S/c1-2-4-10-7-11(6-5-9(10)3-1)13-16-12-8-15-17-14(12)18-13/h1-8,12H/t12-/m0/s1. The first-order chi connectivity index (χ1) is 8.90. The van der Waals surface area contributed by atoms with Crippen molar-refractivity contribution in [3.8, 4) is 0 Å². The molecule has 2 aliphatic heterocycles. The molecule has 2 aliphatic rings. The minimum atomic E-state index is 0.0523. The lowest BCUT2D eigenvalue weighted by atomic mass is 10.1. The second-order valence-electron chi connectivity index (χ2n) is 4.25. The molecule has 2 aromatic rings. The molecule has 0 aromatic heterocycles. The summed E-state index contributed by atoms with van der Waals surface area (Å²) in [4.78, 5) is 4.63. The van der Waals surface area contributed by atoms with Crippen molar-refractivity contribution in [2.45, 2.75) is 6.04 Å². The van der Waals surface area contributed by atoms with Crippen LogP contribution in [-0.4, -0.2) is 22.3 Å². The van der Waals surface area contributed by atoms with Gasteiger partial charge in [-0.15, -0.1) is 5.10 Å². The van der Waals surface area contributed by atoms with Gasteiger partial charge >= 0.3 is 0 Å². The Balaban J connectivity index is 1.80. The molecule has 1 atom stereocenters. The van der Waals surface area contributed by atoms with Gasteiger partial charge in [-0.2, -0.15) is 5.10 Å². The smallest absolute Gasteiger partial charge is 0.138 e. The Hall–Kier alpha value is -1.94. The maximum absolute atomic E-state index is 4.63. The second-order valence-corrected chi connectivity index (χ2v) is 5.25. The first kappa shape index (κ1) is 10.0. The Kier molecular flexibility index (Phi) is 2.11. The van der Waals surface area contributed by atoms with Crippen LogP contribution in [0.2, 0.25) is 0 Å². The van der Waals surface area contributed by atoms with Gasteiger partial charge in [-0.25, -0.2) is 0 Å². The van der Waals surface area contributed by atoms with E-state index in [-0.39, 0.29) is 6.04 Å². The fourth-order valence-electron chi connectivity index (χ4n) is 2.15. The molecule has 0 aliphatic carbocycles. The predicted octanol–water partition coefficient (Wildman–Crippen LogP) is 3.10. The van der Waals surface area contributed by atoms with Crippen molar-refractivity contribution in [2.24, 2.45) is 15.2 Å². The molecular formula is C14H9N3S. The van der Waals surface area contributed by atoms with E-state index in [1.54, 1.807) is 18.0 Å². The van der Waals surface area contributed by atoms with Gasteiger partial charge in [0.25, 0.3) is 0 Å². The highest BCUT2D eigenvalue weighted by Crippen LogP contribution is 2.29. The van der Waals surface area contributed by atoms with Crippen molar-refractivity contribution in [3.63, 3.8) is 0 Å². The quantitative estimate of drug-likeness (QED) is 0.767. The Bertz CT molecular complexity index is 731. The Morgan fingerprint density at radius 1 is 1.00 bits per heavy atom. The number of thioether (sulfide) groups is 1. The topological polar surface area (TPSA) is 37.1 Å². The van der Waals surface area contributed by atoms with E-state index in [2.05, 4.69) is 57.7 Å². The number of benzene rings is 2. The summed E-state index contributed by atoms with van der Waals surface area (Å²) in [5.74, 6) is 0. The molecule has 0 amide bonds. The molecule has 2 heterocycles. The van der Waals surface area contributed by atoms with E-state index in [1.807, 2.05) is 0 Å². The molecule has 0 saturated carbocycles. The van der Waals surface area contributed by atoms with Crippen LogP contribution in [0.1, 0.15) is 5.56 Å². The molecule has 86 valence electrons. The third-order valence-electron chi connectivity index (χ3n) is 3.07. The van der Waals surface area contributed by atoms with Crippen LogP contribution in [0, 0.1) is 0 Å². The minimum Gasteiger partial charge on any atom is -0.261 e. The van der Waals surface area contributed by atoms with Crippen molar-refractivity contribution in [2.75, 3.05) is 0 Å². The van der Waals surface area contributed by atoms with Crippen LogP contribution in [0.4, 0.5) is 0 Å². The molecule has 2 aromatic carbocycles. The molecule has 0 N–H and O–H groups in total. The minimum absolute atomic E-state index is 0.0523. The lowest BCUT2D eigenvalue weighted by Gasteiger charge is -2.02. The highest BCUT2D eigenvalue weighted by Gasteiger charge is 2.28. The molecular weight excluding hydrogens is 242 g/mol. The first-order valence-corrected chi connectivity index (χ1v) is 6.58. The van der Waals surface area contributed by atoms with E-state index >= 15 is 0 Å². The van der Waals surface area contributed by atoms with Gasteiger partial charge in [0.1, 0.15) is 16.1 Å². The summed E-state index contributed by atoms with van der Waals surface area (Å²) >= 11 is 1.62. The monoisotopic (exact) mass is 251 g/mol. The fraction of sp³-hybridized carbons (Fsp3) is 0.0714. The molecule has 0 bridgehead atoms. The fourth-order valence-corrected chi connectivity index (χ4v) is 3.08. The number of rotatable bonds is 1. The van der Waals surface area contributed by atoms with Crippen molar-refractivity contribution < 1.29 is 0 Å². The average molecular weight is 251 g/mol. The summed E-state index contributed by atoms with van der Waals surface area (Å²) in [7, 11) is 0. The number of hydrogen-bond acceptors (Lipinski definition) is 4. The largest absolute Gasteiger partial charge is 0.261 e. The SMILES string of the molecule is C1=NN=C2SC(c3ccc4ccccc4c3)=N[C@@H]12. The molecule has 0 radical (unpaired) electrons. The molecule has 4 rings (SSSR count). The van der Waals surface area contributed by atoms with Crippen molar-refractivity contribution in [1.29, 1.82) is 0 Å². The van der Waals surface area contributed by atoms with E-state index in [0.717, 1.165) is 15.7 Å². The van der Waals surface area contributed by atoms with Crippen molar-refractivity contribution in [3.05, 3.63) is 48.0 Å². The summed E-state index contributed by atoms with van der Waals surface area (Å²) in [6.07, 6.45) is 1.79. The van der Waals surface area contributed by atoms with Gasteiger partial charge < -0.3 is 0 Å². The Labute approximate surface area is 108 Å². The van der Waals surface area contributed by atoms with Crippen LogP contribution in [0.5, 0.6) is 0 Å². The maximum Gasteiger partial charge on any atom is 0.138 e. The number of fused-ring (bicyclic) bond motifs is 2. The Morgan fingerprint density at radius 3 is 2.78 bits per heavy atom. The normalized spacial score (nSPS) is 21.0. The van der Waals surface area contributed by atoms with Crippen LogP contribution in [-0.2, 0) is 0 Å². The van der Waals surface area contributed by atoms with Crippen LogP contribution < -0.4 is 0 Å². The van der Waals surface area contributed by atoms with Gasteiger partial charge in [-0.05, 0) is 28.6 Å². The van der Waals surface area contributed by atoms with E-state index in [0.29, 0.717) is 0 Å². The molecule has 18 heavy (non-hydrogen) atoms. The maximum atomic E-state index is 4.63. The van der Waals surface area contributed by atoms with Crippen LogP contribution in [0.25, 0.3) is 10.8 Å². The highest BCUT2D eigenvalue weighted by atomic mass is 32.2. The summed E-state index contributed by atoms with van der Waals surface area (Å²) in [5.41, 5.74) is 1.16. The predicted molar refractivity (Wildman–Crippen MR) is 77.8 cm³/mol. The summed E-state index contributed by atoms with van der Waals surface area (Å²) < 4.78 is 0. The van der Waals surface area contributed by atoms with Gasteiger partial charge in [0.05, 0.1) is 6.21 Å². The van der Waals surface area contributed by atoms with Crippen LogP contribution in [0.3, 0.4) is 0 Å². The summed E-state index contributed by atoms with van der Waals surface area (Å²) in [6.45, 7) is 0. The zero-order valence-corrected chi connectivity index (χ0v) is 10.3. The Morgan fingerprint density at radius 2 is 1.89 bits per heavy atom. The summed E-state index contributed by atoms with van der Waals surface area (Å²) in [6, 6.07) is 14.8. The van der Waals surface area contributed by atoms with Crippen LogP contribution in [0.15, 0.2) is 57.7 Å². The molecule has 0 saturated heterocycles. The molecule has 3 nitrogen and oxygen atoms in total. The average Bonchev–Trinajstić information content (AvgIpc) is 2.99. The first-order valence-electron chi connectivity index (χ1n) is 5.76. The molecule has 0 spiro atoms. The number of aliphatic imine (C=N–C) groups is 1. The third-order valence-corrected chi connectivity index (χ3v) is 4.14. The zero-order chi connectivity index (χ0) is 11.9. The second kappa shape index (κ2) is 3.78. The number of hydrogen-bond donors (Lipinski definition) is 0. The van der Waals surface area contributed by atoms with Gasteiger partial charge in [-0.1, -0.05) is 36.4 Å². The van der Waals surface area contributed by atoms with E-state index < -0.39 is 0 Å². The molecule has 0 fully saturated rings. The van der Waals surface area contributed by atoms with Crippen molar-refractivity contribution >= 4 is 38.8 Å². The van der Waals surface area contributed by atoms with E-state index in [4.69, 9.17) is 0 Å². The molecule has 0 unspecified atom stereocenters. The molecule has 4 heteroatoms. The van der Waals surface area contributed by atoms with Crippen LogP contribution >= 0.6 is 11.8 Å². The highest BCUT2D eigenvalue weighted by molar-refractivity contribution is 8.27. The lowest BCUT2D eigenvalue weighted by Crippen LogP contribution is -2.06. The van der Waals surface area contributed by atoms with Gasteiger partial charge in [-0.3, -0.25) is 4.99 Å².